The van der Waals surface area contributed by atoms with Crippen molar-refractivity contribution in [3.8, 4) is 0 Å². The number of carbonyl (C=O) groups excluding carboxylic acids is 2. The average Bonchev–Trinajstić information content (AvgIpc) is 3.24. The van der Waals surface area contributed by atoms with E-state index >= 15 is 0 Å². The summed E-state index contributed by atoms with van der Waals surface area (Å²) in [7, 11) is 0. The molecule has 5 nitrogen and oxygen atoms in total. The summed E-state index contributed by atoms with van der Waals surface area (Å²) in [5.41, 5.74) is 8.53. The quantitative estimate of drug-likeness (QED) is 0.753. The van der Waals surface area contributed by atoms with Gasteiger partial charge in [0.05, 0.1) is 0 Å². The molecule has 0 bridgehead atoms. The van der Waals surface area contributed by atoms with Gasteiger partial charge in [-0.15, -0.1) is 11.3 Å². The van der Waals surface area contributed by atoms with Crippen molar-refractivity contribution in [2.75, 3.05) is 13.1 Å². The van der Waals surface area contributed by atoms with Gasteiger partial charge in [0, 0.05) is 30.9 Å². The van der Waals surface area contributed by atoms with Crippen molar-refractivity contribution in [3.05, 3.63) is 58.6 Å². The maximum Gasteiger partial charge on any atom is 0.270 e. The van der Waals surface area contributed by atoms with Crippen LogP contribution in [0.15, 0.2) is 41.8 Å². The van der Waals surface area contributed by atoms with Gasteiger partial charge < -0.3 is 15.2 Å². The molecule has 1 aliphatic heterocycles. The topological polar surface area (TPSA) is 68.3 Å². The molecule has 0 spiro atoms. The zero-order valence-electron chi connectivity index (χ0n) is 15.4. The van der Waals surface area contributed by atoms with Crippen LogP contribution in [0.1, 0.15) is 34.5 Å². The van der Waals surface area contributed by atoms with Gasteiger partial charge in [-0.05, 0) is 42.8 Å². The highest BCUT2D eigenvalue weighted by Gasteiger charge is 2.28. The second-order valence-electron chi connectivity index (χ2n) is 7.25. The molecule has 0 aliphatic carbocycles. The number of likely N-dealkylation sites (tertiary alicyclic amines) is 1. The number of primary amides is 1. The van der Waals surface area contributed by atoms with Crippen LogP contribution in [-0.2, 0) is 11.3 Å². The summed E-state index contributed by atoms with van der Waals surface area (Å²) >= 11 is 1.66. The number of nitrogens with zero attached hydrogens (tertiary/aromatic N) is 2. The number of carbonyl (C=O) groups is 2. The minimum absolute atomic E-state index is 0.0361. The molecule has 4 rings (SSSR count). The normalized spacial score (nSPS) is 15.4. The lowest BCUT2D eigenvalue weighted by Crippen LogP contribution is -2.42. The number of hydrogen-bond donors (Lipinski definition) is 1. The second-order valence-corrected chi connectivity index (χ2v) is 8.15. The Morgan fingerprint density at radius 3 is 2.67 bits per heavy atom. The Labute approximate surface area is 162 Å². The zero-order chi connectivity index (χ0) is 19.0. The van der Waals surface area contributed by atoms with Gasteiger partial charge in [-0.25, -0.2) is 0 Å². The molecule has 27 heavy (non-hydrogen) atoms. The molecule has 3 heterocycles. The molecule has 1 aromatic carbocycles. The highest BCUT2D eigenvalue weighted by Crippen LogP contribution is 2.28. The first-order chi connectivity index (χ1) is 13.0. The van der Waals surface area contributed by atoms with Gasteiger partial charge in [-0.1, -0.05) is 29.8 Å². The van der Waals surface area contributed by atoms with E-state index in [0.29, 0.717) is 32.5 Å². The van der Waals surface area contributed by atoms with Gasteiger partial charge in [0.1, 0.15) is 10.5 Å². The van der Waals surface area contributed by atoms with Crippen LogP contribution in [0.4, 0.5) is 0 Å². The number of fused-ring (bicyclic) bond motifs is 1. The van der Waals surface area contributed by atoms with E-state index in [0.717, 1.165) is 15.9 Å². The van der Waals surface area contributed by atoms with E-state index in [-0.39, 0.29) is 17.7 Å². The van der Waals surface area contributed by atoms with Crippen molar-refractivity contribution in [3.63, 3.8) is 0 Å². The first-order valence-electron chi connectivity index (χ1n) is 9.24. The summed E-state index contributed by atoms with van der Waals surface area (Å²) in [5.74, 6) is -0.337. The number of amides is 2. The predicted octanol–water partition coefficient (Wildman–Crippen LogP) is 3.40. The van der Waals surface area contributed by atoms with Gasteiger partial charge in [0.2, 0.25) is 5.91 Å². The molecule has 140 valence electrons. The van der Waals surface area contributed by atoms with Gasteiger partial charge in [-0.3, -0.25) is 9.59 Å². The summed E-state index contributed by atoms with van der Waals surface area (Å²) in [5, 5.41) is 3.16. The molecule has 3 aromatic rings. The lowest BCUT2D eigenvalue weighted by Gasteiger charge is -2.30. The molecule has 2 aromatic heterocycles. The molecule has 1 saturated heterocycles. The first kappa shape index (κ1) is 17.8. The van der Waals surface area contributed by atoms with Crippen molar-refractivity contribution < 1.29 is 9.59 Å². The highest BCUT2D eigenvalue weighted by molar-refractivity contribution is 7.16. The predicted molar refractivity (Wildman–Crippen MR) is 108 cm³/mol. The Balaban J connectivity index is 1.63. The van der Waals surface area contributed by atoms with E-state index in [1.54, 1.807) is 11.3 Å². The fourth-order valence-electron chi connectivity index (χ4n) is 3.83. The Morgan fingerprint density at radius 2 is 1.96 bits per heavy atom. The summed E-state index contributed by atoms with van der Waals surface area (Å²) in [6.45, 7) is 3.91. The van der Waals surface area contributed by atoms with Crippen LogP contribution < -0.4 is 5.73 Å². The number of thiophene rings is 1. The van der Waals surface area contributed by atoms with E-state index in [4.69, 9.17) is 5.73 Å². The number of piperidine rings is 1. The lowest BCUT2D eigenvalue weighted by molar-refractivity contribution is -0.123. The maximum absolute atomic E-state index is 13.2. The van der Waals surface area contributed by atoms with E-state index in [1.165, 1.54) is 11.1 Å². The molecule has 0 saturated carbocycles. The van der Waals surface area contributed by atoms with E-state index < -0.39 is 0 Å². The number of benzene rings is 1. The Bertz CT molecular complexity index is 996. The average molecular weight is 382 g/mol. The molecule has 1 aliphatic rings. The number of rotatable bonds is 4. The van der Waals surface area contributed by atoms with E-state index in [2.05, 4.69) is 47.2 Å². The molecule has 0 atom stereocenters. The van der Waals surface area contributed by atoms with Crippen LogP contribution in [0.5, 0.6) is 0 Å². The van der Waals surface area contributed by atoms with Crippen LogP contribution in [0.2, 0.25) is 0 Å². The van der Waals surface area contributed by atoms with Gasteiger partial charge in [0.25, 0.3) is 5.91 Å². The Morgan fingerprint density at radius 1 is 1.19 bits per heavy atom. The fraction of sp³-hybridized carbons (Fsp3) is 0.333. The highest BCUT2D eigenvalue weighted by atomic mass is 32.1. The third kappa shape index (κ3) is 3.49. The smallest absolute Gasteiger partial charge is 0.270 e. The standard InChI is InChI=1S/C21H23N3O2S/c1-14-3-2-4-15(11-14)13-24-18(12-17-7-10-27-21(17)24)20(26)23-8-5-16(6-9-23)19(22)25/h2-4,7,10-12,16H,5-6,8-9,13H2,1H3,(H2,22,25). The Hall–Kier alpha value is -2.60. The van der Waals surface area contributed by atoms with Crippen molar-refractivity contribution in [1.82, 2.24) is 9.47 Å². The van der Waals surface area contributed by atoms with Crippen LogP contribution in [0.25, 0.3) is 10.2 Å². The van der Waals surface area contributed by atoms with E-state index in [9.17, 15) is 9.59 Å². The molecule has 1 fully saturated rings. The summed E-state index contributed by atoms with van der Waals surface area (Å²) in [6, 6.07) is 12.4. The van der Waals surface area contributed by atoms with Crippen molar-refractivity contribution >= 4 is 33.4 Å². The monoisotopic (exact) mass is 381 g/mol. The largest absolute Gasteiger partial charge is 0.369 e. The van der Waals surface area contributed by atoms with E-state index in [1.807, 2.05) is 11.0 Å². The first-order valence-corrected chi connectivity index (χ1v) is 10.1. The number of aromatic nitrogens is 1. The molecule has 0 unspecified atom stereocenters. The zero-order valence-corrected chi connectivity index (χ0v) is 16.2. The summed E-state index contributed by atoms with van der Waals surface area (Å²) in [6.07, 6.45) is 1.29. The summed E-state index contributed by atoms with van der Waals surface area (Å²) < 4.78 is 2.12. The van der Waals surface area contributed by atoms with Crippen LogP contribution in [0.3, 0.4) is 0 Å². The minimum Gasteiger partial charge on any atom is -0.369 e. The van der Waals surface area contributed by atoms with Crippen molar-refractivity contribution in [2.24, 2.45) is 11.7 Å². The minimum atomic E-state index is -0.259. The molecular weight excluding hydrogens is 358 g/mol. The molecular formula is C21H23N3O2S. The maximum atomic E-state index is 13.2. The Kier molecular flexibility index (Phi) is 4.74. The van der Waals surface area contributed by atoms with Crippen LogP contribution in [0, 0.1) is 12.8 Å². The van der Waals surface area contributed by atoms with Crippen LogP contribution in [-0.4, -0.2) is 34.4 Å². The number of nitrogens with two attached hydrogens (primary N) is 1. The SMILES string of the molecule is Cc1cccc(Cn2c(C(=O)N3CCC(C(N)=O)CC3)cc3ccsc32)c1. The van der Waals surface area contributed by atoms with Gasteiger partial charge in [0.15, 0.2) is 0 Å². The fourth-order valence-corrected chi connectivity index (χ4v) is 4.73. The third-order valence-corrected chi connectivity index (χ3v) is 6.28. The van der Waals surface area contributed by atoms with Crippen molar-refractivity contribution in [1.29, 1.82) is 0 Å². The number of aryl methyl sites for hydroxylation is 1. The molecule has 0 radical (unpaired) electrons. The third-order valence-electron chi connectivity index (χ3n) is 5.33. The number of hydrogen-bond acceptors (Lipinski definition) is 3. The second kappa shape index (κ2) is 7.19. The summed E-state index contributed by atoms with van der Waals surface area (Å²) in [4.78, 5) is 27.6. The molecule has 2 N–H and O–H groups in total. The molecule has 2 amide bonds. The van der Waals surface area contributed by atoms with Crippen LogP contribution >= 0.6 is 11.3 Å². The van der Waals surface area contributed by atoms with Crippen molar-refractivity contribution in [2.45, 2.75) is 26.3 Å². The lowest BCUT2D eigenvalue weighted by atomic mass is 9.96. The molecule has 6 heteroatoms. The van der Waals surface area contributed by atoms with Gasteiger partial charge >= 0.3 is 0 Å². The van der Waals surface area contributed by atoms with Gasteiger partial charge in [-0.2, -0.15) is 0 Å².